The van der Waals surface area contributed by atoms with Crippen molar-refractivity contribution < 1.29 is 9.53 Å². The summed E-state index contributed by atoms with van der Waals surface area (Å²) < 4.78 is 5.78. The molecule has 0 bridgehead atoms. The van der Waals surface area contributed by atoms with E-state index in [0.717, 1.165) is 51.0 Å². The molecule has 2 heterocycles. The molecule has 5 rings (SSSR count). The van der Waals surface area contributed by atoms with Crippen LogP contribution in [0.1, 0.15) is 85.0 Å². The van der Waals surface area contributed by atoms with Gasteiger partial charge in [-0.3, -0.25) is 10.2 Å². The molecule has 0 radical (unpaired) electrons. The fourth-order valence-corrected chi connectivity index (χ4v) is 6.84. The largest absolute Gasteiger partial charge is 0.496 e. The van der Waals surface area contributed by atoms with Crippen LogP contribution in [-0.2, 0) is 23.7 Å². The summed E-state index contributed by atoms with van der Waals surface area (Å²) in [5, 5.41) is 2.05. The van der Waals surface area contributed by atoms with Gasteiger partial charge in [-0.15, -0.1) is 0 Å². The molecule has 1 fully saturated rings. The number of hydrazine groups is 1. The van der Waals surface area contributed by atoms with E-state index in [1.807, 2.05) is 18.1 Å². The molecule has 0 saturated carbocycles. The SMILES string of the molecule is COc1cc2c(cc1C(=O)NN1CCCCC1)CCC1C(C)(C)c3nc(C)ncc3C[C@]21C. The standard InChI is InChI=1S/C27H36N4O2/c1-17-28-16-19-15-27(4)21-14-22(33-5)20(25(32)30-31-11-7-6-8-12-31)13-18(21)9-10-23(27)26(2,3)24(19)29-17/h13-14,16,23H,6-12,15H2,1-5H3,(H,30,32)/t23?,27-/m1/s1. The van der Waals surface area contributed by atoms with E-state index in [2.05, 4.69) is 43.3 Å². The van der Waals surface area contributed by atoms with Gasteiger partial charge >= 0.3 is 0 Å². The van der Waals surface area contributed by atoms with Gasteiger partial charge in [0.1, 0.15) is 11.6 Å². The highest BCUT2D eigenvalue weighted by atomic mass is 16.5. The van der Waals surface area contributed by atoms with Gasteiger partial charge in [0.05, 0.1) is 18.4 Å². The van der Waals surface area contributed by atoms with Crippen molar-refractivity contribution in [3.63, 3.8) is 0 Å². The number of piperidine rings is 1. The predicted octanol–water partition coefficient (Wildman–Crippen LogP) is 4.28. The number of methoxy groups -OCH3 is 1. The van der Waals surface area contributed by atoms with Crippen LogP contribution in [0.5, 0.6) is 5.75 Å². The van der Waals surface area contributed by atoms with Crippen molar-refractivity contribution in [3.8, 4) is 5.75 Å². The van der Waals surface area contributed by atoms with Crippen LogP contribution >= 0.6 is 0 Å². The fourth-order valence-electron chi connectivity index (χ4n) is 6.84. The second-order valence-corrected chi connectivity index (χ2v) is 10.9. The zero-order valence-corrected chi connectivity index (χ0v) is 20.6. The van der Waals surface area contributed by atoms with Gasteiger partial charge in [0.2, 0.25) is 0 Å². The molecule has 1 N–H and O–H groups in total. The Morgan fingerprint density at radius 1 is 1.15 bits per heavy atom. The normalized spacial score (nSPS) is 26.0. The fraction of sp³-hybridized carbons (Fsp3) is 0.593. The van der Waals surface area contributed by atoms with Crippen LogP contribution in [0.4, 0.5) is 0 Å². The summed E-state index contributed by atoms with van der Waals surface area (Å²) in [7, 11) is 1.67. The maximum Gasteiger partial charge on any atom is 0.269 e. The molecule has 1 unspecified atom stereocenters. The van der Waals surface area contributed by atoms with Gasteiger partial charge in [0, 0.05) is 30.1 Å². The van der Waals surface area contributed by atoms with Crippen molar-refractivity contribution in [2.75, 3.05) is 20.2 Å². The first-order valence-electron chi connectivity index (χ1n) is 12.3. The first-order chi connectivity index (χ1) is 15.7. The third-order valence-electron chi connectivity index (χ3n) is 8.40. The molecular formula is C27H36N4O2. The number of hydrogen-bond donors (Lipinski definition) is 1. The Balaban J connectivity index is 1.54. The number of amides is 1. The molecule has 2 aliphatic carbocycles. The van der Waals surface area contributed by atoms with E-state index in [1.54, 1.807) is 7.11 Å². The molecule has 2 atom stereocenters. The number of hydrogen-bond acceptors (Lipinski definition) is 5. The maximum absolute atomic E-state index is 13.2. The number of carbonyl (C=O) groups excluding carboxylic acids is 1. The Labute approximate surface area is 197 Å². The minimum Gasteiger partial charge on any atom is -0.496 e. The molecule has 2 aromatic rings. The lowest BCUT2D eigenvalue weighted by Gasteiger charge is -2.54. The lowest BCUT2D eigenvalue weighted by molar-refractivity contribution is 0.0746. The Morgan fingerprint density at radius 3 is 2.64 bits per heavy atom. The van der Waals surface area contributed by atoms with Crippen molar-refractivity contribution in [2.24, 2.45) is 5.92 Å². The Morgan fingerprint density at radius 2 is 1.91 bits per heavy atom. The van der Waals surface area contributed by atoms with Gasteiger partial charge in [0.25, 0.3) is 5.91 Å². The molecule has 1 aliphatic heterocycles. The first kappa shape index (κ1) is 22.3. The van der Waals surface area contributed by atoms with Crippen LogP contribution in [0.15, 0.2) is 18.3 Å². The molecule has 1 aromatic carbocycles. The molecule has 1 saturated heterocycles. The number of rotatable bonds is 3. The van der Waals surface area contributed by atoms with E-state index in [9.17, 15) is 4.79 Å². The number of aromatic nitrogens is 2. The molecule has 0 spiro atoms. The summed E-state index contributed by atoms with van der Waals surface area (Å²) in [5.41, 5.74) is 8.66. The van der Waals surface area contributed by atoms with Crippen LogP contribution in [0.3, 0.4) is 0 Å². The highest BCUT2D eigenvalue weighted by Gasteiger charge is 2.53. The van der Waals surface area contributed by atoms with Crippen LogP contribution < -0.4 is 10.2 Å². The van der Waals surface area contributed by atoms with Gasteiger partial charge < -0.3 is 4.74 Å². The van der Waals surface area contributed by atoms with Gasteiger partial charge in [-0.2, -0.15) is 0 Å². The highest BCUT2D eigenvalue weighted by Crippen LogP contribution is 2.56. The third kappa shape index (κ3) is 3.63. The van der Waals surface area contributed by atoms with Crippen molar-refractivity contribution in [1.29, 1.82) is 0 Å². The number of carbonyl (C=O) groups is 1. The number of fused-ring (bicyclic) bond motifs is 4. The lowest BCUT2D eigenvalue weighted by atomic mass is 9.50. The molecule has 1 amide bonds. The molecule has 1 aromatic heterocycles. The number of ether oxygens (including phenoxy) is 1. The number of aryl methyl sites for hydroxylation is 2. The Bertz CT molecular complexity index is 1090. The van der Waals surface area contributed by atoms with Crippen molar-refractivity contribution in [3.05, 3.63) is 52.1 Å². The summed E-state index contributed by atoms with van der Waals surface area (Å²) in [6.07, 6.45) is 8.46. The average molecular weight is 449 g/mol. The van der Waals surface area contributed by atoms with E-state index >= 15 is 0 Å². The van der Waals surface area contributed by atoms with Crippen LogP contribution in [0.25, 0.3) is 0 Å². The van der Waals surface area contributed by atoms with E-state index < -0.39 is 0 Å². The predicted molar refractivity (Wildman–Crippen MR) is 129 cm³/mol. The lowest BCUT2D eigenvalue weighted by Crippen LogP contribution is -2.52. The van der Waals surface area contributed by atoms with E-state index in [4.69, 9.17) is 9.72 Å². The van der Waals surface area contributed by atoms with Gasteiger partial charge in [-0.1, -0.05) is 27.2 Å². The summed E-state index contributed by atoms with van der Waals surface area (Å²) in [5.74, 6) is 1.89. The minimum absolute atomic E-state index is 0.0503. The molecule has 3 aliphatic rings. The van der Waals surface area contributed by atoms with Gasteiger partial charge in [-0.25, -0.2) is 15.0 Å². The van der Waals surface area contributed by atoms with Gasteiger partial charge in [-0.05, 0) is 73.8 Å². The van der Waals surface area contributed by atoms with Crippen molar-refractivity contribution in [1.82, 2.24) is 20.4 Å². The van der Waals surface area contributed by atoms with E-state index in [0.29, 0.717) is 17.2 Å². The van der Waals surface area contributed by atoms with Crippen molar-refractivity contribution in [2.45, 2.75) is 77.0 Å². The topological polar surface area (TPSA) is 67.3 Å². The maximum atomic E-state index is 13.2. The van der Waals surface area contributed by atoms with Crippen molar-refractivity contribution >= 4 is 5.91 Å². The summed E-state index contributed by atoms with van der Waals surface area (Å²) in [6.45, 7) is 10.9. The third-order valence-corrected chi connectivity index (χ3v) is 8.40. The van der Waals surface area contributed by atoms with E-state index in [1.165, 1.54) is 28.8 Å². The van der Waals surface area contributed by atoms with Crippen LogP contribution in [0, 0.1) is 12.8 Å². The second kappa shape index (κ2) is 8.08. The summed E-state index contributed by atoms with van der Waals surface area (Å²) >= 11 is 0. The number of nitrogens with one attached hydrogen (secondary N) is 1. The van der Waals surface area contributed by atoms with Gasteiger partial charge in [0.15, 0.2) is 0 Å². The van der Waals surface area contributed by atoms with Crippen LogP contribution in [0.2, 0.25) is 0 Å². The molecule has 33 heavy (non-hydrogen) atoms. The quantitative estimate of drug-likeness (QED) is 0.759. The Kier molecular flexibility index (Phi) is 5.47. The Hall–Kier alpha value is -2.47. The smallest absolute Gasteiger partial charge is 0.269 e. The zero-order valence-electron chi connectivity index (χ0n) is 20.6. The summed E-state index contributed by atoms with van der Waals surface area (Å²) in [6, 6.07) is 4.23. The molecule has 6 heteroatoms. The monoisotopic (exact) mass is 448 g/mol. The van der Waals surface area contributed by atoms with Crippen LogP contribution in [-0.4, -0.2) is 41.1 Å². The minimum atomic E-state index is -0.0676. The first-order valence-corrected chi connectivity index (χ1v) is 12.3. The molecule has 176 valence electrons. The second-order valence-electron chi connectivity index (χ2n) is 10.9. The summed E-state index contributed by atoms with van der Waals surface area (Å²) in [4.78, 5) is 22.6. The zero-order chi connectivity index (χ0) is 23.4. The number of benzene rings is 1. The average Bonchev–Trinajstić information content (AvgIpc) is 2.79. The number of nitrogens with zero attached hydrogens (tertiary/aromatic N) is 3. The highest BCUT2D eigenvalue weighted by molar-refractivity contribution is 5.97. The van der Waals surface area contributed by atoms with E-state index in [-0.39, 0.29) is 16.7 Å². The molecular weight excluding hydrogens is 412 g/mol. The molecule has 6 nitrogen and oxygen atoms in total.